The Morgan fingerprint density at radius 3 is 2.72 bits per heavy atom. The smallest absolute Gasteiger partial charge is 0.191 e. The van der Waals surface area contributed by atoms with Crippen LogP contribution in [0.5, 0.6) is 0 Å². The van der Waals surface area contributed by atoms with Gasteiger partial charge in [-0.25, -0.2) is 4.98 Å². The van der Waals surface area contributed by atoms with Crippen molar-refractivity contribution in [1.82, 2.24) is 9.88 Å². The molecular weight excluding hydrogens is 246 g/mol. The SMILES string of the molecule is CC(C)CN=C(N)N1CCN(c2nccs2)CC1. The van der Waals surface area contributed by atoms with E-state index in [4.69, 9.17) is 5.73 Å². The summed E-state index contributed by atoms with van der Waals surface area (Å²) in [6.45, 7) is 8.88. The molecule has 0 radical (unpaired) electrons. The molecule has 1 aromatic heterocycles. The number of hydrogen-bond donors (Lipinski definition) is 1. The molecule has 1 fully saturated rings. The van der Waals surface area contributed by atoms with Crippen molar-refractivity contribution in [2.75, 3.05) is 37.6 Å². The Hall–Kier alpha value is -1.30. The third kappa shape index (κ3) is 3.35. The van der Waals surface area contributed by atoms with Gasteiger partial charge in [0, 0.05) is 44.3 Å². The molecule has 0 spiro atoms. The number of aromatic nitrogens is 1. The minimum absolute atomic E-state index is 0.556. The predicted molar refractivity (Wildman–Crippen MR) is 77.2 cm³/mol. The maximum absolute atomic E-state index is 6.01. The van der Waals surface area contributed by atoms with Crippen molar-refractivity contribution >= 4 is 22.4 Å². The molecule has 100 valence electrons. The highest BCUT2D eigenvalue weighted by Gasteiger charge is 2.19. The standard InChI is InChI=1S/C12H21N5S/c1-10(2)9-15-11(13)16-4-6-17(7-5-16)12-14-3-8-18-12/h3,8,10H,4-7,9H2,1-2H3,(H2,13,15). The van der Waals surface area contributed by atoms with Gasteiger partial charge >= 0.3 is 0 Å². The van der Waals surface area contributed by atoms with E-state index >= 15 is 0 Å². The molecule has 0 aromatic carbocycles. The number of nitrogens with zero attached hydrogens (tertiary/aromatic N) is 4. The molecule has 1 aliphatic heterocycles. The van der Waals surface area contributed by atoms with Gasteiger partial charge in [0.1, 0.15) is 0 Å². The van der Waals surface area contributed by atoms with Crippen molar-refractivity contribution in [2.45, 2.75) is 13.8 Å². The summed E-state index contributed by atoms with van der Waals surface area (Å²) in [5.74, 6) is 1.24. The second-order valence-electron chi connectivity index (χ2n) is 4.88. The highest BCUT2D eigenvalue weighted by molar-refractivity contribution is 7.13. The summed E-state index contributed by atoms with van der Waals surface area (Å²) in [6.07, 6.45) is 1.85. The number of rotatable bonds is 3. The first-order chi connectivity index (χ1) is 8.66. The molecule has 1 saturated heterocycles. The Kier molecular flexibility index (Phi) is 4.41. The van der Waals surface area contributed by atoms with Crippen molar-refractivity contribution in [3.8, 4) is 0 Å². The van der Waals surface area contributed by atoms with Crippen molar-refractivity contribution in [3.63, 3.8) is 0 Å². The summed E-state index contributed by atoms with van der Waals surface area (Å²) < 4.78 is 0. The fraction of sp³-hybridized carbons (Fsp3) is 0.667. The molecular formula is C12H21N5S. The van der Waals surface area contributed by atoms with Gasteiger partial charge in [0.2, 0.25) is 0 Å². The van der Waals surface area contributed by atoms with E-state index in [1.54, 1.807) is 11.3 Å². The van der Waals surface area contributed by atoms with E-state index in [2.05, 4.69) is 33.6 Å². The normalized spacial score (nSPS) is 17.6. The van der Waals surface area contributed by atoms with Crippen molar-refractivity contribution in [1.29, 1.82) is 0 Å². The van der Waals surface area contributed by atoms with Gasteiger partial charge in [0.15, 0.2) is 11.1 Å². The number of thiazole rings is 1. The first-order valence-corrected chi connectivity index (χ1v) is 7.24. The largest absolute Gasteiger partial charge is 0.370 e. The van der Waals surface area contributed by atoms with Crippen LogP contribution in [0.4, 0.5) is 5.13 Å². The Balaban J connectivity index is 1.85. The monoisotopic (exact) mass is 267 g/mol. The molecule has 0 bridgehead atoms. The summed E-state index contributed by atoms with van der Waals surface area (Å²) in [7, 11) is 0. The summed E-state index contributed by atoms with van der Waals surface area (Å²) in [5.41, 5.74) is 6.01. The Morgan fingerprint density at radius 2 is 2.17 bits per heavy atom. The van der Waals surface area contributed by atoms with E-state index in [1.165, 1.54) is 0 Å². The molecule has 1 aromatic rings. The van der Waals surface area contributed by atoms with Crippen molar-refractivity contribution in [2.24, 2.45) is 16.6 Å². The lowest BCUT2D eigenvalue weighted by Crippen LogP contribution is -2.51. The number of anilines is 1. The molecule has 1 aliphatic rings. The quantitative estimate of drug-likeness (QED) is 0.661. The third-order valence-electron chi connectivity index (χ3n) is 2.91. The maximum Gasteiger partial charge on any atom is 0.191 e. The van der Waals surface area contributed by atoms with E-state index in [0.717, 1.165) is 37.9 Å². The zero-order valence-corrected chi connectivity index (χ0v) is 11.9. The molecule has 0 amide bonds. The van der Waals surface area contributed by atoms with Gasteiger partial charge in [-0.05, 0) is 5.92 Å². The van der Waals surface area contributed by atoms with Crippen LogP contribution in [0.1, 0.15) is 13.8 Å². The molecule has 0 atom stereocenters. The molecule has 2 rings (SSSR count). The highest BCUT2D eigenvalue weighted by Crippen LogP contribution is 2.18. The van der Waals surface area contributed by atoms with Gasteiger partial charge < -0.3 is 15.5 Å². The average Bonchev–Trinajstić information content (AvgIpc) is 2.90. The highest BCUT2D eigenvalue weighted by atomic mass is 32.1. The number of nitrogens with two attached hydrogens (primary N) is 1. The summed E-state index contributed by atoms with van der Waals surface area (Å²) in [4.78, 5) is 13.2. The number of guanidine groups is 1. The lowest BCUT2D eigenvalue weighted by atomic mass is 10.2. The minimum Gasteiger partial charge on any atom is -0.370 e. The lowest BCUT2D eigenvalue weighted by molar-refractivity contribution is 0.380. The molecule has 18 heavy (non-hydrogen) atoms. The van der Waals surface area contributed by atoms with Crippen molar-refractivity contribution < 1.29 is 0 Å². The van der Waals surface area contributed by atoms with Crippen LogP contribution >= 0.6 is 11.3 Å². The van der Waals surface area contributed by atoms with Crippen LogP contribution in [0.15, 0.2) is 16.6 Å². The Bertz CT molecular complexity index is 379. The van der Waals surface area contributed by atoms with Crippen LogP contribution in [0.25, 0.3) is 0 Å². The van der Waals surface area contributed by atoms with Gasteiger partial charge in [-0.15, -0.1) is 11.3 Å². The van der Waals surface area contributed by atoms with E-state index in [-0.39, 0.29) is 0 Å². The molecule has 2 heterocycles. The number of piperazine rings is 1. The number of hydrogen-bond acceptors (Lipinski definition) is 4. The van der Waals surface area contributed by atoms with Gasteiger partial charge in [0.25, 0.3) is 0 Å². The predicted octanol–water partition coefficient (Wildman–Crippen LogP) is 1.24. The van der Waals surface area contributed by atoms with Gasteiger partial charge in [-0.1, -0.05) is 13.8 Å². The van der Waals surface area contributed by atoms with Crippen LogP contribution in [-0.4, -0.2) is 48.6 Å². The minimum atomic E-state index is 0.556. The zero-order valence-electron chi connectivity index (χ0n) is 11.0. The summed E-state index contributed by atoms with van der Waals surface area (Å²) >= 11 is 1.69. The molecule has 0 saturated carbocycles. The average molecular weight is 267 g/mol. The van der Waals surface area contributed by atoms with E-state index < -0.39 is 0 Å². The Labute approximate surface area is 112 Å². The summed E-state index contributed by atoms with van der Waals surface area (Å²) in [5, 5.41) is 3.12. The Morgan fingerprint density at radius 1 is 1.44 bits per heavy atom. The first kappa shape index (κ1) is 13.1. The van der Waals surface area contributed by atoms with Gasteiger partial charge in [-0.2, -0.15) is 0 Å². The summed E-state index contributed by atoms with van der Waals surface area (Å²) in [6, 6.07) is 0. The second kappa shape index (κ2) is 6.04. The van der Waals surface area contributed by atoms with Crippen LogP contribution in [0.2, 0.25) is 0 Å². The molecule has 0 aliphatic carbocycles. The fourth-order valence-corrected chi connectivity index (χ4v) is 2.57. The first-order valence-electron chi connectivity index (χ1n) is 6.36. The maximum atomic E-state index is 6.01. The molecule has 0 unspecified atom stereocenters. The molecule has 6 heteroatoms. The molecule has 2 N–H and O–H groups in total. The second-order valence-corrected chi connectivity index (χ2v) is 5.75. The molecule has 5 nitrogen and oxygen atoms in total. The van der Waals surface area contributed by atoms with Crippen LogP contribution in [-0.2, 0) is 0 Å². The van der Waals surface area contributed by atoms with E-state index in [0.29, 0.717) is 11.9 Å². The van der Waals surface area contributed by atoms with Gasteiger partial charge in [0.05, 0.1) is 0 Å². The fourth-order valence-electron chi connectivity index (χ4n) is 1.88. The van der Waals surface area contributed by atoms with E-state index in [1.807, 2.05) is 11.6 Å². The zero-order chi connectivity index (χ0) is 13.0. The number of aliphatic imine (C=N–C) groups is 1. The van der Waals surface area contributed by atoms with Gasteiger partial charge in [-0.3, -0.25) is 4.99 Å². The van der Waals surface area contributed by atoms with Crippen LogP contribution < -0.4 is 10.6 Å². The van der Waals surface area contributed by atoms with Crippen molar-refractivity contribution in [3.05, 3.63) is 11.6 Å². The van der Waals surface area contributed by atoms with Crippen LogP contribution in [0.3, 0.4) is 0 Å². The van der Waals surface area contributed by atoms with Crippen LogP contribution in [0, 0.1) is 5.92 Å². The third-order valence-corrected chi connectivity index (χ3v) is 3.74. The lowest BCUT2D eigenvalue weighted by Gasteiger charge is -2.35. The topological polar surface area (TPSA) is 57.8 Å². The van der Waals surface area contributed by atoms with E-state index in [9.17, 15) is 0 Å².